The molecule has 1 aliphatic rings. The fourth-order valence-corrected chi connectivity index (χ4v) is 7.07. The van der Waals surface area contributed by atoms with Gasteiger partial charge in [-0.15, -0.1) is 0 Å². The molecule has 0 bridgehead atoms. The van der Waals surface area contributed by atoms with Crippen molar-refractivity contribution < 1.29 is 49.3 Å². The summed E-state index contributed by atoms with van der Waals surface area (Å²) in [7, 11) is 0. The number of carbonyl (C=O) groups is 2. The zero-order valence-electron chi connectivity index (χ0n) is 38.8. The van der Waals surface area contributed by atoms with Crippen LogP contribution in [0.3, 0.4) is 0 Å². The van der Waals surface area contributed by atoms with Crippen LogP contribution in [0.1, 0.15) is 187 Å². The topological polar surface area (TPSA) is 175 Å². The van der Waals surface area contributed by atoms with Crippen molar-refractivity contribution in [2.24, 2.45) is 0 Å². The first kappa shape index (κ1) is 57.4. The molecule has 0 spiro atoms. The summed E-state index contributed by atoms with van der Waals surface area (Å²) in [5.74, 6) is -0.289. The Balaban J connectivity index is 2.19. The molecule has 7 unspecified atom stereocenters. The maximum Gasteiger partial charge on any atom is 0.305 e. The van der Waals surface area contributed by atoms with Crippen LogP contribution < -0.4 is 5.32 Å². The van der Waals surface area contributed by atoms with Gasteiger partial charge in [-0.3, -0.25) is 9.59 Å². The van der Waals surface area contributed by atoms with Crippen LogP contribution in [-0.2, 0) is 23.8 Å². The molecule has 1 heterocycles. The monoisotopic (exact) mass is 876 g/mol. The van der Waals surface area contributed by atoms with Crippen LogP contribution in [0.15, 0.2) is 60.8 Å². The van der Waals surface area contributed by atoms with Gasteiger partial charge in [-0.2, -0.15) is 0 Å². The third kappa shape index (κ3) is 31.2. The summed E-state index contributed by atoms with van der Waals surface area (Å²) in [5.41, 5.74) is 0. The second-order valence-corrected chi connectivity index (χ2v) is 16.8. The highest BCUT2D eigenvalue weighted by Gasteiger charge is 2.44. The molecule has 7 atom stereocenters. The number of carbonyl (C=O) groups excluding carboxylic acids is 2. The third-order valence-electron chi connectivity index (χ3n) is 11.1. The number of rotatable bonds is 40. The van der Waals surface area contributed by atoms with Gasteiger partial charge in [0.2, 0.25) is 5.91 Å². The van der Waals surface area contributed by atoms with E-state index < -0.39 is 49.5 Å². The number of hydrogen-bond donors (Lipinski definition) is 6. The first-order valence-electron chi connectivity index (χ1n) is 24.6. The van der Waals surface area contributed by atoms with Crippen molar-refractivity contribution in [2.75, 3.05) is 19.8 Å². The van der Waals surface area contributed by atoms with Crippen LogP contribution >= 0.6 is 0 Å². The summed E-state index contributed by atoms with van der Waals surface area (Å²) in [6.45, 7) is 4.08. The number of allylic oxidation sites excluding steroid dienone is 9. The first-order chi connectivity index (χ1) is 30.2. The second-order valence-electron chi connectivity index (χ2n) is 16.8. The fourth-order valence-electron chi connectivity index (χ4n) is 7.07. The molecule has 11 heteroatoms. The lowest BCUT2D eigenvalue weighted by molar-refractivity contribution is -0.302. The van der Waals surface area contributed by atoms with Crippen LogP contribution in [0.5, 0.6) is 0 Å². The molecule has 1 aliphatic heterocycles. The molecule has 11 nitrogen and oxygen atoms in total. The molecule has 0 aromatic rings. The van der Waals surface area contributed by atoms with Gasteiger partial charge in [-0.05, 0) is 103 Å². The molecule has 6 N–H and O–H groups in total. The normalized spacial score (nSPS) is 20.7. The highest BCUT2D eigenvalue weighted by atomic mass is 16.7. The van der Waals surface area contributed by atoms with E-state index in [2.05, 4.69) is 67.8 Å². The second kappa shape index (κ2) is 41.1. The zero-order chi connectivity index (χ0) is 45.3. The number of hydrogen-bond acceptors (Lipinski definition) is 10. The number of aliphatic hydroxyl groups excluding tert-OH is 5. The Morgan fingerprint density at radius 2 is 1.13 bits per heavy atom. The number of nitrogens with one attached hydrogen (secondary N) is 1. The summed E-state index contributed by atoms with van der Waals surface area (Å²) in [5, 5.41) is 54.0. The van der Waals surface area contributed by atoms with Gasteiger partial charge in [0.15, 0.2) is 6.29 Å². The molecule has 0 radical (unpaired) electrons. The maximum absolute atomic E-state index is 12.9. The summed E-state index contributed by atoms with van der Waals surface area (Å²) in [6, 6.07) is -0.846. The van der Waals surface area contributed by atoms with Crippen molar-refractivity contribution >= 4 is 11.9 Å². The molecule has 1 saturated heterocycles. The van der Waals surface area contributed by atoms with E-state index in [4.69, 9.17) is 14.2 Å². The van der Waals surface area contributed by atoms with E-state index in [9.17, 15) is 35.1 Å². The van der Waals surface area contributed by atoms with Gasteiger partial charge >= 0.3 is 5.97 Å². The number of ether oxygens (including phenoxy) is 3. The molecule has 358 valence electrons. The van der Waals surface area contributed by atoms with Crippen molar-refractivity contribution in [3.63, 3.8) is 0 Å². The van der Waals surface area contributed by atoms with Crippen LogP contribution in [0.25, 0.3) is 0 Å². The number of amides is 1. The van der Waals surface area contributed by atoms with Gasteiger partial charge in [0, 0.05) is 12.8 Å². The molecule has 0 aromatic heterocycles. The van der Waals surface area contributed by atoms with Crippen LogP contribution in [0.4, 0.5) is 0 Å². The average Bonchev–Trinajstić information content (AvgIpc) is 3.27. The van der Waals surface area contributed by atoms with E-state index in [1.165, 1.54) is 51.4 Å². The van der Waals surface area contributed by atoms with Crippen LogP contribution in [-0.4, -0.2) is 100 Å². The summed E-state index contributed by atoms with van der Waals surface area (Å²) in [4.78, 5) is 25.0. The van der Waals surface area contributed by atoms with Gasteiger partial charge < -0.3 is 45.1 Å². The minimum atomic E-state index is -1.59. The molecule has 1 rings (SSSR count). The Labute approximate surface area is 376 Å². The van der Waals surface area contributed by atoms with Gasteiger partial charge in [0.25, 0.3) is 0 Å². The predicted octanol–water partition coefficient (Wildman–Crippen LogP) is 9.55. The Bertz CT molecular complexity index is 1220. The van der Waals surface area contributed by atoms with E-state index >= 15 is 0 Å². The van der Waals surface area contributed by atoms with Gasteiger partial charge in [-0.1, -0.05) is 132 Å². The highest BCUT2D eigenvalue weighted by molar-refractivity contribution is 5.76. The SMILES string of the molecule is CCC/C=C\C/C=C\CCCCCCCC(=O)OCCCCC/C=C\CCCCCCCC(=O)NC(COC1OC(CO)C(O)C(O)C1O)C(O)/C=C/CC/C=C/CCCCC. The highest BCUT2D eigenvalue weighted by Crippen LogP contribution is 2.22. The predicted molar refractivity (Wildman–Crippen MR) is 250 cm³/mol. The summed E-state index contributed by atoms with van der Waals surface area (Å²) < 4.78 is 16.6. The van der Waals surface area contributed by atoms with Gasteiger partial charge in [0.1, 0.15) is 24.4 Å². The molecular weight excluding hydrogens is 787 g/mol. The minimum Gasteiger partial charge on any atom is -0.466 e. The van der Waals surface area contributed by atoms with Crippen molar-refractivity contribution in [3.05, 3.63) is 60.8 Å². The van der Waals surface area contributed by atoms with Crippen molar-refractivity contribution in [2.45, 2.75) is 230 Å². The van der Waals surface area contributed by atoms with E-state index in [1.807, 2.05) is 6.08 Å². The van der Waals surface area contributed by atoms with E-state index in [-0.39, 0.29) is 18.5 Å². The number of unbranched alkanes of at least 4 members (excludes halogenated alkanes) is 18. The molecular formula is C51H89NO10. The maximum atomic E-state index is 12.9. The lowest BCUT2D eigenvalue weighted by Crippen LogP contribution is -2.60. The number of esters is 1. The van der Waals surface area contributed by atoms with Gasteiger partial charge in [0.05, 0.1) is 32.0 Å². The molecule has 62 heavy (non-hydrogen) atoms. The molecule has 1 fully saturated rings. The standard InChI is InChI=1S/C51H89NO10/c1-3-5-7-9-11-13-14-15-19-23-27-31-35-39-47(56)60-40-36-32-28-24-20-17-16-18-22-26-30-34-38-46(55)52-43(44(54)37-33-29-25-21-12-10-8-6-4-2)42-61-51-50(59)49(58)48(57)45(41-53)62-51/h7,9,12-14,17,20-21,33,37,43-45,48-51,53-54,57-59H,3-6,8,10-11,15-16,18-19,22-32,34-36,38-42H2,1-2H3,(H,52,55)/b9-7-,14-13-,20-17-,21-12+,37-33+. The quantitative estimate of drug-likeness (QED) is 0.0198. The minimum absolute atomic E-state index is 0.0651. The Morgan fingerprint density at radius 1 is 0.597 bits per heavy atom. The van der Waals surface area contributed by atoms with Crippen LogP contribution in [0.2, 0.25) is 0 Å². The Hall–Kier alpha value is -2.64. The van der Waals surface area contributed by atoms with Crippen molar-refractivity contribution in [3.8, 4) is 0 Å². The van der Waals surface area contributed by atoms with Crippen molar-refractivity contribution in [1.82, 2.24) is 5.32 Å². The summed E-state index contributed by atoms with van der Waals surface area (Å²) in [6.07, 6.45) is 40.2. The smallest absolute Gasteiger partial charge is 0.305 e. The largest absolute Gasteiger partial charge is 0.466 e. The third-order valence-corrected chi connectivity index (χ3v) is 11.1. The first-order valence-corrected chi connectivity index (χ1v) is 24.6. The zero-order valence-corrected chi connectivity index (χ0v) is 38.8. The summed E-state index contributed by atoms with van der Waals surface area (Å²) >= 11 is 0. The van der Waals surface area contributed by atoms with E-state index in [0.717, 1.165) is 103 Å². The Kier molecular flexibility index (Phi) is 38.0. The van der Waals surface area contributed by atoms with Crippen molar-refractivity contribution in [1.29, 1.82) is 0 Å². The molecule has 0 aliphatic carbocycles. The van der Waals surface area contributed by atoms with E-state index in [1.54, 1.807) is 6.08 Å². The number of aliphatic hydroxyl groups is 5. The molecule has 1 amide bonds. The average molecular weight is 876 g/mol. The molecule has 0 saturated carbocycles. The fraction of sp³-hybridized carbons (Fsp3) is 0.765. The molecule has 0 aromatic carbocycles. The lowest BCUT2D eigenvalue weighted by Gasteiger charge is -2.40. The van der Waals surface area contributed by atoms with E-state index in [0.29, 0.717) is 25.9 Å². The van der Waals surface area contributed by atoms with Gasteiger partial charge in [-0.25, -0.2) is 0 Å². The lowest BCUT2D eigenvalue weighted by atomic mass is 9.99. The Morgan fingerprint density at radius 3 is 1.76 bits per heavy atom. The van der Waals surface area contributed by atoms with Crippen LogP contribution in [0, 0.1) is 0 Å².